The lowest BCUT2D eigenvalue weighted by Crippen LogP contribution is -2.09. The molecule has 2 heteroatoms. The van der Waals surface area contributed by atoms with Crippen molar-refractivity contribution in [3.63, 3.8) is 0 Å². The Bertz CT molecular complexity index is 747. The number of aryl methyl sites for hydroxylation is 4. The van der Waals surface area contributed by atoms with Crippen LogP contribution in [0.15, 0.2) is 46.4 Å². The molecule has 0 aliphatic heterocycles. The number of benzene rings is 2. The van der Waals surface area contributed by atoms with E-state index in [1.165, 1.54) is 59.4 Å². The molecule has 29 heavy (non-hydrogen) atoms. The second kappa shape index (κ2) is 11.7. The molecular formula is C27H38N2. The maximum Gasteiger partial charge on any atom is 0.0687 e. The minimum atomic E-state index is 0.877. The molecule has 0 spiro atoms. The Morgan fingerprint density at radius 1 is 0.621 bits per heavy atom. The Morgan fingerprint density at radius 3 is 1.28 bits per heavy atom. The van der Waals surface area contributed by atoms with Crippen LogP contribution in [0.4, 0.5) is 11.4 Å². The van der Waals surface area contributed by atoms with Crippen molar-refractivity contribution in [2.75, 3.05) is 0 Å². The molecular weight excluding hydrogens is 352 g/mol. The lowest BCUT2D eigenvalue weighted by atomic mass is 10.0. The molecule has 2 aromatic carbocycles. The third kappa shape index (κ3) is 6.96. The van der Waals surface area contributed by atoms with E-state index in [0.29, 0.717) is 0 Å². The smallest absolute Gasteiger partial charge is 0.0687 e. The number of hydrogen-bond acceptors (Lipinski definition) is 2. The number of hydrogen-bond donors (Lipinski definition) is 0. The first-order valence-corrected chi connectivity index (χ1v) is 11.2. The van der Waals surface area contributed by atoms with Gasteiger partial charge in [0.05, 0.1) is 11.4 Å². The van der Waals surface area contributed by atoms with Crippen LogP contribution in [-0.4, -0.2) is 11.4 Å². The van der Waals surface area contributed by atoms with Crippen molar-refractivity contribution in [3.05, 3.63) is 58.7 Å². The van der Waals surface area contributed by atoms with Gasteiger partial charge in [-0.1, -0.05) is 63.1 Å². The first kappa shape index (κ1) is 23.1. The van der Waals surface area contributed by atoms with E-state index in [4.69, 9.17) is 9.98 Å². The summed E-state index contributed by atoms with van der Waals surface area (Å²) in [5.41, 5.74) is 9.82. The van der Waals surface area contributed by atoms with Gasteiger partial charge in [0, 0.05) is 17.8 Å². The zero-order valence-electron chi connectivity index (χ0n) is 19.3. The van der Waals surface area contributed by atoms with Crippen LogP contribution in [0.5, 0.6) is 0 Å². The van der Waals surface area contributed by atoms with Gasteiger partial charge in [0.25, 0.3) is 0 Å². The largest absolute Gasteiger partial charge is 0.257 e. The fraction of sp³-hybridized carbons (Fsp3) is 0.481. The second-order valence-corrected chi connectivity index (χ2v) is 8.22. The summed E-state index contributed by atoms with van der Waals surface area (Å²) in [6.07, 6.45) is 7.68. The van der Waals surface area contributed by atoms with Crippen molar-refractivity contribution < 1.29 is 0 Å². The van der Waals surface area contributed by atoms with Crippen LogP contribution in [0, 0.1) is 27.7 Å². The van der Waals surface area contributed by atoms with Crippen molar-refractivity contribution in [1.29, 1.82) is 0 Å². The number of para-hydroxylation sites is 2. The molecule has 0 aliphatic rings. The SMILES string of the molecule is CCCCC(CC(CCCC)=Nc1c(C)cccc1C)=Nc1c(C)cccc1C. The molecule has 0 bridgehead atoms. The maximum atomic E-state index is 5.17. The zero-order valence-corrected chi connectivity index (χ0v) is 19.3. The molecule has 2 rings (SSSR count). The Balaban J connectivity index is 2.42. The van der Waals surface area contributed by atoms with Crippen LogP contribution in [0.2, 0.25) is 0 Å². The van der Waals surface area contributed by atoms with E-state index in [-0.39, 0.29) is 0 Å². The van der Waals surface area contributed by atoms with E-state index >= 15 is 0 Å². The second-order valence-electron chi connectivity index (χ2n) is 8.22. The summed E-state index contributed by atoms with van der Waals surface area (Å²) in [4.78, 5) is 10.3. The third-order valence-corrected chi connectivity index (χ3v) is 5.46. The normalized spacial score (nSPS) is 12.5. The molecule has 0 radical (unpaired) electrons. The van der Waals surface area contributed by atoms with Crippen LogP contribution in [0.1, 0.15) is 81.0 Å². The average molecular weight is 391 g/mol. The van der Waals surface area contributed by atoms with Gasteiger partial charge in [0.1, 0.15) is 0 Å². The Hall–Kier alpha value is -2.22. The molecule has 0 aliphatic carbocycles. The maximum absolute atomic E-state index is 5.17. The van der Waals surface area contributed by atoms with Crippen molar-refractivity contribution in [2.45, 2.75) is 86.5 Å². The van der Waals surface area contributed by atoms with Gasteiger partial charge in [-0.05, 0) is 75.6 Å². The van der Waals surface area contributed by atoms with Crippen LogP contribution < -0.4 is 0 Å². The number of unbranched alkanes of at least 4 members (excludes halogenated alkanes) is 2. The summed E-state index contributed by atoms with van der Waals surface area (Å²) in [5, 5.41) is 0. The van der Waals surface area contributed by atoms with Gasteiger partial charge >= 0.3 is 0 Å². The summed E-state index contributed by atoms with van der Waals surface area (Å²) in [7, 11) is 0. The molecule has 0 saturated carbocycles. The van der Waals surface area contributed by atoms with Crippen LogP contribution in [0.25, 0.3) is 0 Å². The predicted molar refractivity (Wildman–Crippen MR) is 130 cm³/mol. The number of nitrogens with zero attached hydrogens (tertiary/aromatic N) is 2. The molecule has 0 N–H and O–H groups in total. The van der Waals surface area contributed by atoms with E-state index < -0.39 is 0 Å². The van der Waals surface area contributed by atoms with Gasteiger partial charge in [-0.25, -0.2) is 0 Å². The summed E-state index contributed by atoms with van der Waals surface area (Å²) in [5.74, 6) is 0. The molecule has 2 nitrogen and oxygen atoms in total. The first-order chi connectivity index (χ1) is 14.0. The summed E-state index contributed by atoms with van der Waals surface area (Å²) in [6.45, 7) is 13.1. The minimum Gasteiger partial charge on any atom is -0.257 e. The van der Waals surface area contributed by atoms with Gasteiger partial charge in [-0.3, -0.25) is 9.98 Å². The Morgan fingerprint density at radius 2 is 0.966 bits per heavy atom. The van der Waals surface area contributed by atoms with Crippen molar-refractivity contribution in [2.24, 2.45) is 9.98 Å². The standard InChI is InChI=1S/C27H38N2/c1-7-9-17-24(28-26-20(3)13-11-14-21(26)4)19-25(18-10-8-2)29-27-22(5)15-12-16-23(27)6/h11-16H,7-10,17-19H2,1-6H3. The molecule has 0 fully saturated rings. The lowest BCUT2D eigenvalue weighted by Gasteiger charge is -2.13. The molecule has 2 aromatic rings. The van der Waals surface area contributed by atoms with E-state index in [2.05, 4.69) is 77.9 Å². The van der Waals surface area contributed by atoms with Crippen LogP contribution >= 0.6 is 0 Å². The molecule has 0 amide bonds. The highest BCUT2D eigenvalue weighted by Crippen LogP contribution is 2.27. The summed E-state index contributed by atoms with van der Waals surface area (Å²) >= 11 is 0. The average Bonchev–Trinajstić information content (AvgIpc) is 2.69. The highest BCUT2D eigenvalue weighted by atomic mass is 14.8. The fourth-order valence-electron chi connectivity index (χ4n) is 3.65. The topological polar surface area (TPSA) is 24.7 Å². The van der Waals surface area contributed by atoms with Crippen LogP contribution in [0.3, 0.4) is 0 Å². The van der Waals surface area contributed by atoms with Crippen molar-refractivity contribution in [3.8, 4) is 0 Å². The Labute approximate surface area is 178 Å². The lowest BCUT2D eigenvalue weighted by molar-refractivity contribution is 0.818. The van der Waals surface area contributed by atoms with E-state index in [0.717, 1.165) is 30.6 Å². The van der Waals surface area contributed by atoms with Gasteiger partial charge in [-0.15, -0.1) is 0 Å². The van der Waals surface area contributed by atoms with Crippen molar-refractivity contribution >= 4 is 22.8 Å². The molecule has 0 unspecified atom stereocenters. The summed E-state index contributed by atoms with van der Waals surface area (Å²) < 4.78 is 0. The van der Waals surface area contributed by atoms with Gasteiger partial charge < -0.3 is 0 Å². The van der Waals surface area contributed by atoms with Crippen LogP contribution in [-0.2, 0) is 0 Å². The van der Waals surface area contributed by atoms with E-state index in [9.17, 15) is 0 Å². The predicted octanol–water partition coefficient (Wildman–Crippen LogP) is 8.54. The van der Waals surface area contributed by atoms with E-state index in [1.54, 1.807) is 0 Å². The number of aliphatic imine (C=N–C) groups is 2. The van der Waals surface area contributed by atoms with Crippen molar-refractivity contribution in [1.82, 2.24) is 0 Å². The monoisotopic (exact) mass is 390 g/mol. The fourth-order valence-corrected chi connectivity index (χ4v) is 3.65. The third-order valence-electron chi connectivity index (χ3n) is 5.46. The van der Waals surface area contributed by atoms with Gasteiger partial charge in [0.2, 0.25) is 0 Å². The molecule has 0 heterocycles. The minimum absolute atomic E-state index is 0.877. The summed E-state index contributed by atoms with van der Waals surface area (Å²) in [6, 6.07) is 12.9. The van der Waals surface area contributed by atoms with Gasteiger partial charge in [0.15, 0.2) is 0 Å². The molecule has 0 aromatic heterocycles. The van der Waals surface area contributed by atoms with E-state index in [1.807, 2.05) is 0 Å². The van der Waals surface area contributed by atoms with Gasteiger partial charge in [-0.2, -0.15) is 0 Å². The highest BCUT2D eigenvalue weighted by Gasteiger charge is 2.10. The first-order valence-electron chi connectivity index (χ1n) is 11.2. The number of rotatable bonds is 10. The highest BCUT2D eigenvalue weighted by molar-refractivity contribution is 6.06. The molecule has 0 atom stereocenters. The zero-order chi connectivity index (χ0) is 21.2. The quantitative estimate of drug-likeness (QED) is 0.363. The molecule has 156 valence electrons. The Kier molecular flexibility index (Phi) is 9.31. The molecule has 0 saturated heterocycles.